The zero-order valence-electron chi connectivity index (χ0n) is 14.6. The maximum absolute atomic E-state index is 12.4. The number of hydrogen-bond donors (Lipinski definition) is 1. The molecule has 2 aliphatic rings. The maximum Gasteiger partial charge on any atom is 0.227 e. The number of amides is 2. The smallest absolute Gasteiger partial charge is 0.227 e. The van der Waals surface area contributed by atoms with Gasteiger partial charge in [-0.1, -0.05) is 26.0 Å². The van der Waals surface area contributed by atoms with Crippen molar-refractivity contribution in [2.75, 3.05) is 23.0 Å². The van der Waals surface area contributed by atoms with Crippen LogP contribution in [0.1, 0.15) is 38.2 Å². The van der Waals surface area contributed by atoms with Crippen LogP contribution in [0.25, 0.3) is 0 Å². The van der Waals surface area contributed by atoms with Gasteiger partial charge in [0.05, 0.1) is 17.4 Å². The summed E-state index contributed by atoms with van der Waals surface area (Å²) >= 11 is 0. The fraction of sp³-hybridized carbons (Fsp3) is 0.556. The molecule has 136 valence electrons. The first-order valence-electron chi connectivity index (χ1n) is 8.66. The predicted octanol–water partition coefficient (Wildman–Crippen LogP) is 1.47. The van der Waals surface area contributed by atoms with Gasteiger partial charge in [-0.15, -0.1) is 0 Å². The van der Waals surface area contributed by atoms with Crippen molar-refractivity contribution in [1.82, 2.24) is 5.32 Å². The molecule has 2 atom stereocenters. The van der Waals surface area contributed by atoms with Crippen LogP contribution < -0.4 is 10.2 Å². The van der Waals surface area contributed by atoms with E-state index in [-0.39, 0.29) is 35.8 Å². The van der Waals surface area contributed by atoms with E-state index in [1.807, 2.05) is 24.3 Å². The Labute approximate surface area is 148 Å². The minimum atomic E-state index is -3.03. The molecule has 6 nitrogen and oxygen atoms in total. The van der Waals surface area contributed by atoms with Crippen LogP contribution in [0.4, 0.5) is 5.69 Å². The second kappa shape index (κ2) is 6.78. The van der Waals surface area contributed by atoms with Crippen LogP contribution in [0.15, 0.2) is 24.3 Å². The van der Waals surface area contributed by atoms with Gasteiger partial charge in [0.25, 0.3) is 0 Å². The molecule has 1 aromatic carbocycles. The van der Waals surface area contributed by atoms with Crippen molar-refractivity contribution in [3.63, 3.8) is 0 Å². The third kappa shape index (κ3) is 4.03. The lowest BCUT2D eigenvalue weighted by Crippen LogP contribution is -2.40. The van der Waals surface area contributed by atoms with E-state index in [9.17, 15) is 18.0 Å². The van der Waals surface area contributed by atoms with Crippen molar-refractivity contribution in [2.45, 2.75) is 38.6 Å². The lowest BCUT2D eigenvalue weighted by molar-refractivity contribution is -0.126. The molecule has 2 saturated heterocycles. The molecule has 0 aliphatic carbocycles. The van der Waals surface area contributed by atoms with Crippen molar-refractivity contribution in [3.05, 3.63) is 29.8 Å². The molecule has 0 radical (unpaired) electrons. The van der Waals surface area contributed by atoms with Crippen LogP contribution in [0.2, 0.25) is 0 Å². The quantitative estimate of drug-likeness (QED) is 0.877. The maximum atomic E-state index is 12.4. The van der Waals surface area contributed by atoms with E-state index in [1.54, 1.807) is 4.90 Å². The molecular formula is C18H24N2O4S. The molecule has 2 fully saturated rings. The average molecular weight is 364 g/mol. The van der Waals surface area contributed by atoms with E-state index in [2.05, 4.69) is 19.2 Å². The summed E-state index contributed by atoms with van der Waals surface area (Å²) in [5.41, 5.74) is 2.00. The molecule has 0 spiro atoms. The van der Waals surface area contributed by atoms with Crippen LogP contribution in [0.5, 0.6) is 0 Å². The van der Waals surface area contributed by atoms with Crippen molar-refractivity contribution in [2.24, 2.45) is 5.92 Å². The van der Waals surface area contributed by atoms with Gasteiger partial charge in [-0.25, -0.2) is 8.42 Å². The van der Waals surface area contributed by atoms with Gasteiger partial charge in [-0.3, -0.25) is 9.59 Å². The van der Waals surface area contributed by atoms with Gasteiger partial charge < -0.3 is 10.2 Å². The first kappa shape index (κ1) is 17.9. The Morgan fingerprint density at radius 1 is 1.24 bits per heavy atom. The fourth-order valence-electron chi connectivity index (χ4n) is 3.40. The molecule has 2 heterocycles. The Kier molecular flexibility index (Phi) is 4.86. The summed E-state index contributed by atoms with van der Waals surface area (Å²) in [6, 6.07) is 7.51. The number of nitrogens with zero attached hydrogens (tertiary/aromatic N) is 1. The SMILES string of the molecule is CC(C)c1ccc(N2CC(C(=O)NC3CCS(=O)(=O)C3)CC2=O)cc1. The highest BCUT2D eigenvalue weighted by atomic mass is 32.2. The average Bonchev–Trinajstić information content (AvgIpc) is 3.10. The summed E-state index contributed by atoms with van der Waals surface area (Å²) < 4.78 is 23.0. The van der Waals surface area contributed by atoms with Crippen LogP contribution in [0.3, 0.4) is 0 Å². The van der Waals surface area contributed by atoms with E-state index in [0.717, 1.165) is 5.69 Å². The van der Waals surface area contributed by atoms with Crippen molar-refractivity contribution < 1.29 is 18.0 Å². The third-order valence-corrected chi connectivity index (χ3v) is 6.71. The number of hydrogen-bond acceptors (Lipinski definition) is 4. The Morgan fingerprint density at radius 2 is 1.92 bits per heavy atom. The molecule has 2 unspecified atom stereocenters. The Balaban J connectivity index is 1.63. The molecule has 25 heavy (non-hydrogen) atoms. The van der Waals surface area contributed by atoms with E-state index in [4.69, 9.17) is 0 Å². The van der Waals surface area contributed by atoms with E-state index >= 15 is 0 Å². The van der Waals surface area contributed by atoms with Crippen LogP contribution in [0, 0.1) is 5.92 Å². The van der Waals surface area contributed by atoms with Crippen molar-refractivity contribution in [1.29, 1.82) is 0 Å². The summed E-state index contributed by atoms with van der Waals surface area (Å²) in [6.45, 7) is 4.56. The second-order valence-electron chi connectivity index (χ2n) is 7.26. The Hall–Kier alpha value is -1.89. The largest absolute Gasteiger partial charge is 0.352 e. The number of nitrogens with one attached hydrogen (secondary N) is 1. The van der Waals surface area contributed by atoms with Crippen molar-refractivity contribution in [3.8, 4) is 0 Å². The molecule has 1 aromatic rings. The third-order valence-electron chi connectivity index (χ3n) is 4.95. The lowest BCUT2D eigenvalue weighted by atomic mass is 10.0. The summed E-state index contributed by atoms with van der Waals surface area (Å²) in [7, 11) is -3.03. The minimum Gasteiger partial charge on any atom is -0.352 e. The number of carbonyl (C=O) groups is 2. The van der Waals surface area contributed by atoms with Gasteiger partial charge in [0.2, 0.25) is 11.8 Å². The number of benzene rings is 1. The van der Waals surface area contributed by atoms with Gasteiger partial charge >= 0.3 is 0 Å². The van der Waals surface area contributed by atoms with E-state index in [1.165, 1.54) is 5.56 Å². The zero-order valence-corrected chi connectivity index (χ0v) is 15.4. The van der Waals surface area contributed by atoms with Crippen LogP contribution in [-0.4, -0.2) is 44.3 Å². The van der Waals surface area contributed by atoms with Gasteiger partial charge in [-0.05, 0) is 30.0 Å². The molecule has 2 aliphatic heterocycles. The number of carbonyl (C=O) groups excluding carboxylic acids is 2. The molecular weight excluding hydrogens is 340 g/mol. The summed E-state index contributed by atoms with van der Waals surface area (Å²) in [5.74, 6) is -0.186. The predicted molar refractivity (Wildman–Crippen MR) is 96.2 cm³/mol. The summed E-state index contributed by atoms with van der Waals surface area (Å²) in [5, 5.41) is 2.80. The highest BCUT2D eigenvalue weighted by molar-refractivity contribution is 7.91. The lowest BCUT2D eigenvalue weighted by Gasteiger charge is -2.18. The van der Waals surface area contributed by atoms with Crippen LogP contribution >= 0.6 is 0 Å². The number of sulfone groups is 1. The summed E-state index contributed by atoms with van der Waals surface area (Å²) in [4.78, 5) is 26.3. The molecule has 0 bridgehead atoms. The summed E-state index contributed by atoms with van der Waals surface area (Å²) in [6.07, 6.45) is 0.617. The van der Waals surface area contributed by atoms with Crippen LogP contribution in [-0.2, 0) is 19.4 Å². The topological polar surface area (TPSA) is 83.6 Å². The van der Waals surface area contributed by atoms with E-state index < -0.39 is 15.8 Å². The minimum absolute atomic E-state index is 0.000213. The number of anilines is 1. The number of rotatable bonds is 4. The van der Waals surface area contributed by atoms with Gasteiger partial charge in [-0.2, -0.15) is 0 Å². The molecule has 0 saturated carbocycles. The monoisotopic (exact) mass is 364 g/mol. The fourth-order valence-corrected chi connectivity index (χ4v) is 5.07. The molecule has 0 aromatic heterocycles. The first-order valence-corrected chi connectivity index (χ1v) is 10.5. The zero-order chi connectivity index (χ0) is 18.2. The first-order chi connectivity index (χ1) is 11.7. The Morgan fingerprint density at radius 3 is 2.48 bits per heavy atom. The second-order valence-corrected chi connectivity index (χ2v) is 9.49. The Bertz CT molecular complexity index is 771. The normalized spacial score (nSPS) is 25.6. The molecule has 2 amide bonds. The van der Waals surface area contributed by atoms with E-state index in [0.29, 0.717) is 18.9 Å². The van der Waals surface area contributed by atoms with Crippen molar-refractivity contribution >= 4 is 27.3 Å². The highest BCUT2D eigenvalue weighted by Crippen LogP contribution is 2.27. The standard InChI is InChI=1S/C18H24N2O4S/c1-12(2)13-3-5-16(6-4-13)20-10-14(9-17(20)21)18(22)19-15-7-8-25(23,24)11-15/h3-6,12,14-15H,7-11H2,1-2H3,(H,19,22). The van der Waals surface area contributed by atoms with Gasteiger partial charge in [0, 0.05) is 24.7 Å². The molecule has 1 N–H and O–H groups in total. The van der Waals surface area contributed by atoms with Gasteiger partial charge in [0.15, 0.2) is 9.84 Å². The highest BCUT2D eigenvalue weighted by Gasteiger charge is 2.37. The molecule has 3 rings (SSSR count). The molecule has 7 heteroatoms. The van der Waals surface area contributed by atoms with Gasteiger partial charge in [0.1, 0.15) is 0 Å².